The van der Waals surface area contributed by atoms with Crippen LogP contribution in [0.2, 0.25) is 0 Å². The molecule has 12 heteroatoms. The Kier molecular flexibility index (Phi) is 8.58. The largest absolute Gasteiger partial charge is 0.494 e. The second kappa shape index (κ2) is 12.5. The standard InChI is InChI=1S/C31H38N6O5S/c1-2-42-21-13-11-20(12-14-21)33-28(39)25-24-15-16-31(43-24)26(25)30(41)36(17-7-3-4-8-18-38)27(31)29(40)32-19-37-23-10-6-5-9-22(23)34-35-37/h5-6,9-14,24-27,38H,2-4,7-8,15-19H2,1H3,(H,32,40)(H,33,39)/t24-,25+,26+,27?,31?/m1/s1. The summed E-state index contributed by atoms with van der Waals surface area (Å²) in [6, 6.07) is 14.1. The summed E-state index contributed by atoms with van der Waals surface area (Å²) < 4.78 is 6.49. The molecule has 0 radical (unpaired) electrons. The fraction of sp³-hybridized carbons (Fsp3) is 0.516. The third kappa shape index (κ3) is 5.46. The van der Waals surface area contributed by atoms with Crippen molar-refractivity contribution < 1.29 is 24.2 Å². The number of anilines is 1. The fourth-order valence-corrected chi connectivity index (χ4v) is 9.27. The van der Waals surface area contributed by atoms with Crippen molar-refractivity contribution in [2.45, 2.75) is 68.2 Å². The number of nitrogens with one attached hydrogen (secondary N) is 2. The number of fused-ring (bicyclic) bond motifs is 2. The smallest absolute Gasteiger partial charge is 0.245 e. The molecule has 4 heterocycles. The number of aliphatic hydroxyl groups is 1. The second-order valence-corrected chi connectivity index (χ2v) is 13.1. The van der Waals surface area contributed by atoms with Crippen LogP contribution in [0, 0.1) is 11.8 Å². The number of hydrogen-bond donors (Lipinski definition) is 3. The van der Waals surface area contributed by atoms with E-state index in [-0.39, 0.29) is 36.2 Å². The van der Waals surface area contributed by atoms with Crippen molar-refractivity contribution >= 4 is 46.2 Å². The second-order valence-electron chi connectivity index (χ2n) is 11.4. The van der Waals surface area contributed by atoms with Crippen molar-refractivity contribution in [3.8, 4) is 5.75 Å². The Labute approximate surface area is 254 Å². The summed E-state index contributed by atoms with van der Waals surface area (Å²) in [5, 5.41) is 23.6. The Balaban J connectivity index is 1.22. The van der Waals surface area contributed by atoms with Gasteiger partial charge in [-0.25, -0.2) is 4.68 Å². The molecule has 2 unspecified atom stereocenters. The Morgan fingerprint density at radius 2 is 1.88 bits per heavy atom. The SMILES string of the molecule is CCOc1ccc(NC(=O)[C@@H]2[C@H]3C(=O)N(CCCCCCO)C(C(=O)NCn4nnc5ccccc54)C34CC[C@H]2S4)cc1. The zero-order chi connectivity index (χ0) is 30.0. The number of unbranched alkanes of at least 4 members (excludes halogenated alkanes) is 3. The van der Waals surface area contributed by atoms with E-state index >= 15 is 0 Å². The molecule has 1 spiro atoms. The number of para-hydroxylation sites is 1. The summed E-state index contributed by atoms with van der Waals surface area (Å²) in [4.78, 5) is 43.7. The highest BCUT2D eigenvalue weighted by Gasteiger charge is 2.73. The van der Waals surface area contributed by atoms with Crippen LogP contribution in [0.5, 0.6) is 5.75 Å². The van der Waals surface area contributed by atoms with Crippen molar-refractivity contribution in [1.29, 1.82) is 0 Å². The number of carbonyl (C=O) groups excluding carboxylic acids is 3. The quantitative estimate of drug-likeness (QED) is 0.252. The maximum Gasteiger partial charge on any atom is 0.245 e. The topological polar surface area (TPSA) is 139 Å². The molecule has 1 aromatic heterocycles. The number of benzene rings is 2. The van der Waals surface area contributed by atoms with Gasteiger partial charge in [-0.15, -0.1) is 16.9 Å². The highest BCUT2D eigenvalue weighted by atomic mass is 32.2. The summed E-state index contributed by atoms with van der Waals surface area (Å²) in [6.07, 6.45) is 4.62. The van der Waals surface area contributed by atoms with Crippen LogP contribution in [0.25, 0.3) is 11.0 Å². The number of rotatable bonds is 13. The molecule has 5 atom stereocenters. The van der Waals surface area contributed by atoms with Crippen LogP contribution < -0.4 is 15.4 Å². The van der Waals surface area contributed by atoms with E-state index in [0.717, 1.165) is 42.5 Å². The van der Waals surface area contributed by atoms with E-state index < -0.39 is 22.6 Å². The lowest BCUT2D eigenvalue weighted by molar-refractivity contribution is -0.139. The van der Waals surface area contributed by atoms with E-state index in [0.29, 0.717) is 31.7 Å². The Morgan fingerprint density at radius 1 is 1.09 bits per heavy atom. The third-order valence-electron chi connectivity index (χ3n) is 8.91. The van der Waals surface area contributed by atoms with Gasteiger partial charge >= 0.3 is 0 Å². The average Bonchev–Trinajstić information content (AvgIpc) is 3.76. The molecule has 11 nitrogen and oxygen atoms in total. The molecule has 3 aromatic rings. The van der Waals surface area contributed by atoms with E-state index in [9.17, 15) is 14.4 Å². The van der Waals surface area contributed by atoms with Gasteiger partial charge < -0.3 is 25.4 Å². The van der Waals surface area contributed by atoms with E-state index in [2.05, 4.69) is 20.9 Å². The van der Waals surface area contributed by atoms with Gasteiger partial charge in [0.2, 0.25) is 17.7 Å². The number of amides is 3. The van der Waals surface area contributed by atoms with Crippen molar-refractivity contribution in [2.75, 3.05) is 25.1 Å². The normalized spacial score (nSPS) is 25.7. The molecule has 0 saturated carbocycles. The van der Waals surface area contributed by atoms with Crippen LogP contribution in [0.15, 0.2) is 48.5 Å². The van der Waals surface area contributed by atoms with Gasteiger partial charge in [0.1, 0.15) is 24.0 Å². The lowest BCUT2D eigenvalue weighted by Gasteiger charge is -2.34. The van der Waals surface area contributed by atoms with Gasteiger partial charge in [-0.2, -0.15) is 0 Å². The molecule has 3 N–H and O–H groups in total. The summed E-state index contributed by atoms with van der Waals surface area (Å²) in [6.45, 7) is 3.18. The predicted molar refractivity (Wildman–Crippen MR) is 163 cm³/mol. The van der Waals surface area contributed by atoms with Crippen LogP contribution in [-0.4, -0.2) is 78.5 Å². The maximum atomic E-state index is 14.2. The minimum atomic E-state index is -0.684. The fourth-order valence-electron chi connectivity index (χ4n) is 7.05. The number of ether oxygens (including phenoxy) is 1. The number of likely N-dealkylation sites (tertiary alicyclic amines) is 1. The number of thioether (sulfide) groups is 1. The Bertz CT molecular complexity index is 1480. The molecule has 3 aliphatic heterocycles. The molecule has 3 amide bonds. The zero-order valence-corrected chi connectivity index (χ0v) is 25.1. The maximum absolute atomic E-state index is 14.2. The van der Waals surface area contributed by atoms with Gasteiger partial charge in [-0.1, -0.05) is 30.2 Å². The van der Waals surface area contributed by atoms with E-state index in [1.807, 2.05) is 43.3 Å². The van der Waals surface area contributed by atoms with Crippen LogP contribution in [0.4, 0.5) is 5.69 Å². The Hall–Kier alpha value is -3.64. The first-order chi connectivity index (χ1) is 21.0. The molecular weight excluding hydrogens is 568 g/mol. The summed E-state index contributed by atoms with van der Waals surface area (Å²) >= 11 is 1.65. The number of nitrogens with zero attached hydrogens (tertiary/aromatic N) is 4. The van der Waals surface area contributed by atoms with Gasteiger partial charge in [0.15, 0.2) is 0 Å². The highest BCUT2D eigenvalue weighted by Crippen LogP contribution is 2.66. The number of carbonyl (C=O) groups is 3. The molecule has 6 rings (SSSR count). The predicted octanol–water partition coefficient (Wildman–Crippen LogP) is 3.19. The summed E-state index contributed by atoms with van der Waals surface area (Å²) in [5.41, 5.74) is 2.20. The van der Waals surface area contributed by atoms with Crippen LogP contribution in [-0.2, 0) is 21.1 Å². The Morgan fingerprint density at radius 3 is 2.67 bits per heavy atom. The van der Waals surface area contributed by atoms with Crippen molar-refractivity contribution in [3.05, 3.63) is 48.5 Å². The molecule has 43 heavy (non-hydrogen) atoms. The van der Waals surface area contributed by atoms with Gasteiger partial charge in [0, 0.05) is 24.1 Å². The average molecular weight is 607 g/mol. The zero-order valence-electron chi connectivity index (χ0n) is 24.3. The van der Waals surface area contributed by atoms with Crippen LogP contribution in [0.1, 0.15) is 45.4 Å². The molecular formula is C31H38N6O5S. The minimum Gasteiger partial charge on any atom is -0.494 e. The molecule has 2 bridgehead atoms. The van der Waals surface area contributed by atoms with E-state index in [4.69, 9.17) is 9.84 Å². The van der Waals surface area contributed by atoms with Gasteiger partial charge in [0.25, 0.3) is 0 Å². The minimum absolute atomic E-state index is 0.0297. The first-order valence-corrected chi connectivity index (χ1v) is 16.0. The molecule has 2 aromatic carbocycles. The molecule has 228 valence electrons. The summed E-state index contributed by atoms with van der Waals surface area (Å²) in [5.74, 6) is -0.893. The van der Waals surface area contributed by atoms with Crippen molar-refractivity contribution in [3.63, 3.8) is 0 Å². The highest BCUT2D eigenvalue weighted by molar-refractivity contribution is 8.02. The molecule has 3 fully saturated rings. The number of aliphatic hydroxyl groups excluding tert-OH is 1. The van der Waals surface area contributed by atoms with Gasteiger partial charge in [-0.3, -0.25) is 14.4 Å². The lowest BCUT2D eigenvalue weighted by atomic mass is 9.70. The molecule has 3 aliphatic rings. The third-order valence-corrected chi connectivity index (χ3v) is 10.9. The van der Waals surface area contributed by atoms with Crippen LogP contribution >= 0.6 is 11.8 Å². The van der Waals surface area contributed by atoms with Gasteiger partial charge in [-0.05, 0) is 69.0 Å². The summed E-state index contributed by atoms with van der Waals surface area (Å²) in [7, 11) is 0. The van der Waals surface area contributed by atoms with Gasteiger partial charge in [0.05, 0.1) is 28.7 Å². The molecule has 0 aliphatic carbocycles. The van der Waals surface area contributed by atoms with E-state index in [1.165, 1.54) is 0 Å². The first-order valence-electron chi connectivity index (χ1n) is 15.2. The van der Waals surface area contributed by atoms with Crippen molar-refractivity contribution in [2.24, 2.45) is 11.8 Å². The van der Waals surface area contributed by atoms with E-state index in [1.54, 1.807) is 33.5 Å². The van der Waals surface area contributed by atoms with Crippen LogP contribution in [0.3, 0.4) is 0 Å². The monoisotopic (exact) mass is 606 g/mol. The molecule has 3 saturated heterocycles. The lowest BCUT2D eigenvalue weighted by Crippen LogP contribution is -2.53. The van der Waals surface area contributed by atoms with Crippen molar-refractivity contribution in [1.82, 2.24) is 25.2 Å². The number of aromatic nitrogens is 3. The first kappa shape index (κ1) is 29.4. The number of hydrogen-bond acceptors (Lipinski definition) is 8.